The molecule has 6 nitrogen and oxygen atoms in total. The zero-order valence-corrected chi connectivity index (χ0v) is 17.8. The van der Waals surface area contributed by atoms with Crippen molar-refractivity contribution in [3.05, 3.63) is 86.4 Å². The Balaban J connectivity index is 1.52. The lowest BCUT2D eigenvalue weighted by Gasteiger charge is -2.12. The molecular weight excluding hydrogens is 430 g/mol. The first-order chi connectivity index (χ1) is 14.1. The molecule has 2 aromatic heterocycles. The van der Waals surface area contributed by atoms with Gasteiger partial charge in [-0.2, -0.15) is 0 Å². The van der Waals surface area contributed by atoms with E-state index in [0.717, 1.165) is 29.3 Å². The molecule has 0 amide bonds. The molecule has 2 heterocycles. The summed E-state index contributed by atoms with van der Waals surface area (Å²) < 4.78 is 2.80. The molecule has 0 aliphatic rings. The minimum Gasteiger partial charge on any atom is -0.308 e. The highest BCUT2D eigenvalue weighted by Gasteiger charge is 2.16. The van der Waals surface area contributed by atoms with E-state index in [1.807, 2.05) is 30.3 Å². The molecule has 4 aromatic rings. The van der Waals surface area contributed by atoms with Crippen molar-refractivity contribution in [3.63, 3.8) is 0 Å². The normalized spacial score (nSPS) is 12.3. The lowest BCUT2D eigenvalue weighted by Crippen LogP contribution is -2.15. The van der Waals surface area contributed by atoms with Crippen molar-refractivity contribution in [2.45, 2.75) is 38.6 Å². The molecule has 1 N–H and O–H groups in total. The number of aromatic nitrogens is 5. The Bertz CT molecular complexity index is 1150. The van der Waals surface area contributed by atoms with Gasteiger partial charge in [-0.3, -0.25) is 4.79 Å². The highest BCUT2D eigenvalue weighted by Crippen LogP contribution is 2.18. The fourth-order valence-corrected chi connectivity index (χ4v) is 3.69. The predicted octanol–water partition coefficient (Wildman–Crippen LogP) is 4.45. The Morgan fingerprint density at radius 1 is 1.07 bits per heavy atom. The zero-order valence-electron chi connectivity index (χ0n) is 16.2. The highest BCUT2D eigenvalue weighted by molar-refractivity contribution is 9.10. The summed E-state index contributed by atoms with van der Waals surface area (Å²) >= 11 is 3.44. The van der Waals surface area contributed by atoms with Crippen molar-refractivity contribution in [2.75, 3.05) is 0 Å². The molecule has 0 aliphatic heterocycles. The Morgan fingerprint density at radius 3 is 2.59 bits per heavy atom. The van der Waals surface area contributed by atoms with Gasteiger partial charge >= 0.3 is 0 Å². The van der Waals surface area contributed by atoms with Crippen LogP contribution >= 0.6 is 15.9 Å². The molecule has 1 atom stereocenters. The average Bonchev–Trinajstić information content (AvgIpc) is 3.15. The van der Waals surface area contributed by atoms with Gasteiger partial charge in [-0.1, -0.05) is 63.6 Å². The van der Waals surface area contributed by atoms with E-state index in [4.69, 9.17) is 0 Å². The molecule has 0 spiro atoms. The molecular formula is C22H22BrN5O. The zero-order chi connectivity index (χ0) is 20.2. The monoisotopic (exact) mass is 451 g/mol. The van der Waals surface area contributed by atoms with Gasteiger partial charge < -0.3 is 4.98 Å². The maximum absolute atomic E-state index is 12.5. The second-order valence-electron chi connectivity index (χ2n) is 7.25. The van der Waals surface area contributed by atoms with Gasteiger partial charge in [0.25, 0.3) is 5.56 Å². The molecule has 0 saturated heterocycles. The van der Waals surface area contributed by atoms with E-state index in [2.05, 4.69) is 67.4 Å². The summed E-state index contributed by atoms with van der Waals surface area (Å²) in [6.45, 7) is 2.09. The summed E-state index contributed by atoms with van der Waals surface area (Å²) in [4.78, 5) is 20.0. The van der Waals surface area contributed by atoms with Crippen LogP contribution in [0.5, 0.6) is 0 Å². The van der Waals surface area contributed by atoms with E-state index in [9.17, 15) is 4.79 Å². The predicted molar refractivity (Wildman–Crippen MR) is 117 cm³/mol. The maximum atomic E-state index is 12.5. The van der Waals surface area contributed by atoms with Crippen LogP contribution in [0.15, 0.2) is 63.9 Å². The number of H-pyrrole nitrogens is 1. The minimum absolute atomic E-state index is 0.110. The van der Waals surface area contributed by atoms with Crippen LogP contribution in [0.2, 0.25) is 0 Å². The lowest BCUT2D eigenvalue weighted by atomic mass is 10.1. The molecule has 29 heavy (non-hydrogen) atoms. The first kappa shape index (κ1) is 19.5. The van der Waals surface area contributed by atoms with Gasteiger partial charge in [0.2, 0.25) is 0 Å². The molecule has 148 valence electrons. The Morgan fingerprint density at radius 2 is 1.83 bits per heavy atom. The maximum Gasteiger partial charge on any atom is 0.281 e. The first-order valence-electron chi connectivity index (χ1n) is 9.72. The van der Waals surface area contributed by atoms with Crippen LogP contribution in [0.25, 0.3) is 11.2 Å². The fourth-order valence-electron chi connectivity index (χ4n) is 3.43. The van der Waals surface area contributed by atoms with Crippen molar-refractivity contribution < 1.29 is 0 Å². The van der Waals surface area contributed by atoms with Crippen molar-refractivity contribution in [1.82, 2.24) is 25.0 Å². The van der Waals surface area contributed by atoms with E-state index < -0.39 is 0 Å². The van der Waals surface area contributed by atoms with Crippen molar-refractivity contribution in [3.8, 4) is 0 Å². The van der Waals surface area contributed by atoms with Crippen molar-refractivity contribution in [1.29, 1.82) is 0 Å². The van der Waals surface area contributed by atoms with Gasteiger partial charge in [-0.05, 0) is 49.4 Å². The molecule has 0 radical (unpaired) electrons. The van der Waals surface area contributed by atoms with E-state index in [1.165, 1.54) is 5.56 Å². The number of nitrogens with one attached hydrogen (secondary N) is 1. The average molecular weight is 452 g/mol. The minimum atomic E-state index is -0.246. The van der Waals surface area contributed by atoms with Crippen molar-refractivity contribution >= 4 is 27.1 Å². The topological polar surface area (TPSA) is 76.5 Å². The number of nitrogens with zero attached hydrogens (tertiary/aromatic N) is 4. The largest absolute Gasteiger partial charge is 0.308 e. The number of hydrogen-bond donors (Lipinski definition) is 1. The van der Waals surface area contributed by atoms with E-state index >= 15 is 0 Å². The van der Waals surface area contributed by atoms with Crippen LogP contribution in [0.1, 0.15) is 42.8 Å². The number of rotatable bonds is 7. The Labute approximate surface area is 177 Å². The third kappa shape index (κ3) is 4.62. The molecule has 0 bridgehead atoms. The highest BCUT2D eigenvalue weighted by atomic mass is 79.9. The lowest BCUT2D eigenvalue weighted by molar-refractivity contribution is 0.444. The summed E-state index contributed by atoms with van der Waals surface area (Å²) in [5.41, 5.74) is 3.00. The van der Waals surface area contributed by atoms with Gasteiger partial charge in [-0.15, -0.1) is 5.10 Å². The first-order valence-corrected chi connectivity index (χ1v) is 10.5. The molecule has 0 aliphatic carbocycles. The van der Waals surface area contributed by atoms with Crippen molar-refractivity contribution in [2.24, 2.45) is 0 Å². The number of hydrogen-bond acceptors (Lipinski definition) is 4. The Kier molecular flexibility index (Phi) is 5.85. The third-order valence-corrected chi connectivity index (χ3v) is 5.54. The van der Waals surface area contributed by atoms with Crippen LogP contribution in [0, 0.1) is 0 Å². The summed E-state index contributed by atoms with van der Waals surface area (Å²) in [5.74, 6) is 0.616. The quantitative estimate of drug-likeness (QED) is 0.450. The SMILES string of the molecule is CC(CCCc1ccccc1)n1nnc2c(=O)[nH]c(Cc3ccc(Br)cc3)nc21. The number of aryl methyl sites for hydroxylation is 1. The van der Waals surface area contributed by atoms with Gasteiger partial charge in [0.05, 0.1) is 6.04 Å². The molecule has 1 unspecified atom stereocenters. The number of aromatic amines is 1. The fraction of sp³-hybridized carbons (Fsp3) is 0.273. The van der Waals surface area contributed by atoms with E-state index in [1.54, 1.807) is 4.68 Å². The number of fused-ring (bicyclic) bond motifs is 1. The number of halogens is 1. The second kappa shape index (κ2) is 8.69. The molecule has 4 rings (SSSR count). The van der Waals surface area contributed by atoms with Crippen LogP contribution in [-0.4, -0.2) is 25.0 Å². The summed E-state index contributed by atoms with van der Waals surface area (Å²) in [7, 11) is 0. The van der Waals surface area contributed by atoms with Crippen LogP contribution < -0.4 is 5.56 Å². The molecule has 7 heteroatoms. The second-order valence-corrected chi connectivity index (χ2v) is 8.16. The summed E-state index contributed by atoms with van der Waals surface area (Å²) in [5, 5.41) is 8.29. The van der Waals surface area contributed by atoms with Crippen LogP contribution in [0.3, 0.4) is 0 Å². The standard InChI is InChI=1S/C22H22BrN5O/c1-15(6-5-9-16-7-3-2-4-8-16)28-21-20(26-27-28)22(29)25-19(24-21)14-17-10-12-18(23)13-11-17/h2-4,7-8,10-13,15H,5-6,9,14H2,1H3,(H,24,25,29). The number of benzene rings is 2. The van der Waals surface area contributed by atoms with Gasteiger partial charge in [0.15, 0.2) is 11.2 Å². The van der Waals surface area contributed by atoms with Crippen LogP contribution in [-0.2, 0) is 12.8 Å². The van der Waals surface area contributed by atoms with Gasteiger partial charge in [0, 0.05) is 10.9 Å². The third-order valence-electron chi connectivity index (χ3n) is 5.02. The molecule has 0 saturated carbocycles. The molecule has 2 aromatic carbocycles. The van der Waals surface area contributed by atoms with Gasteiger partial charge in [-0.25, -0.2) is 9.67 Å². The van der Waals surface area contributed by atoms with E-state index in [-0.39, 0.29) is 11.6 Å². The Hall–Kier alpha value is -2.80. The van der Waals surface area contributed by atoms with Gasteiger partial charge in [0.1, 0.15) is 5.82 Å². The summed E-state index contributed by atoms with van der Waals surface area (Å²) in [6, 6.07) is 18.5. The van der Waals surface area contributed by atoms with E-state index in [0.29, 0.717) is 23.4 Å². The summed E-state index contributed by atoms with van der Waals surface area (Å²) in [6.07, 6.45) is 3.53. The molecule has 0 fully saturated rings. The smallest absolute Gasteiger partial charge is 0.281 e. The van der Waals surface area contributed by atoms with Crippen LogP contribution in [0.4, 0.5) is 0 Å².